The number of rotatable bonds is 8. The first-order chi connectivity index (χ1) is 14.8. The normalized spacial score (nSPS) is 41.9. The molecule has 16 nitrogen and oxygen atoms in total. The molecule has 0 aliphatic carbocycles. The maximum Gasteiger partial charge on any atom is 0.397 e. The predicted molar refractivity (Wildman–Crippen MR) is 91.2 cm³/mol. The van der Waals surface area contributed by atoms with Crippen molar-refractivity contribution in [2.45, 2.75) is 68.3 Å². The van der Waals surface area contributed by atoms with Crippen LogP contribution in [0.5, 0.6) is 0 Å². The number of carbonyl (C=O) groups excluding carboxylic acids is 1. The summed E-state index contributed by atoms with van der Waals surface area (Å²) in [5.41, 5.74) is 0. The Morgan fingerprint density at radius 3 is 2.26 bits per heavy atom. The molecule has 2 rings (SSSR count). The van der Waals surface area contributed by atoms with Crippen LogP contribution >= 0.6 is 0 Å². The Balaban J connectivity index is 2.44. The largest absolute Gasteiger partial charge is 0.479 e. The smallest absolute Gasteiger partial charge is 0.397 e. The van der Waals surface area contributed by atoms with Crippen LogP contribution in [-0.4, -0.2) is 123 Å². The van der Waals surface area contributed by atoms with E-state index in [4.69, 9.17) is 20.7 Å². The number of hydrogen-bond donors (Lipinski definition) is 8. The van der Waals surface area contributed by atoms with Gasteiger partial charge in [0.25, 0.3) is 0 Å². The van der Waals surface area contributed by atoms with Crippen LogP contribution in [-0.2, 0) is 38.4 Å². The maximum atomic E-state index is 11.7. The first-order valence-corrected chi connectivity index (χ1v) is 10.0. The summed E-state index contributed by atoms with van der Waals surface area (Å²) in [5, 5.41) is 60.9. The molecule has 0 aromatic rings. The van der Waals surface area contributed by atoms with Crippen LogP contribution in [0.25, 0.3) is 1.43 Å². The maximum absolute atomic E-state index is 11.7. The van der Waals surface area contributed by atoms with Crippen LogP contribution in [0.1, 0.15) is 6.92 Å². The molecular weight excluding hydrogens is 454 g/mol. The number of amides is 1. The monoisotopic (exact) mass is 478 g/mol. The lowest BCUT2D eigenvalue weighted by Crippen LogP contribution is -2.68. The minimum atomic E-state index is -5.05. The van der Waals surface area contributed by atoms with Crippen molar-refractivity contribution < 1.29 is 71.6 Å². The fraction of sp³-hybridized carbons (Fsp3) is 0.857. The molecule has 0 bridgehead atoms. The zero-order valence-corrected chi connectivity index (χ0v) is 16.6. The van der Waals surface area contributed by atoms with Crippen molar-refractivity contribution in [1.29, 1.82) is 1.43 Å². The fourth-order valence-electron chi connectivity index (χ4n) is 3.19. The predicted octanol–water partition coefficient (Wildman–Crippen LogP) is -5.33. The molecule has 2 fully saturated rings. The van der Waals surface area contributed by atoms with Gasteiger partial charge in [-0.25, -0.2) is 8.98 Å². The molecule has 2 aliphatic heterocycles. The van der Waals surface area contributed by atoms with E-state index >= 15 is 0 Å². The highest BCUT2D eigenvalue weighted by atomic mass is 32.3. The SMILES string of the molecule is [2H]OS(=O)(=O)O[C@H]1[C@H](O[C@@H]2O[C@H](C(=O)O)[C@@H](O)[C@H](O)[C@H]2O)[C@@H](NC(C)=O)C(O)O[C@@H]1CO. The second-order valence-corrected chi connectivity index (χ2v) is 7.79. The number of hydrogen-bond acceptors (Lipinski definition) is 14. The van der Waals surface area contributed by atoms with Crippen molar-refractivity contribution in [2.75, 3.05) is 6.61 Å². The summed E-state index contributed by atoms with van der Waals surface area (Å²) in [6, 6.07) is -1.65. The molecular formula is C14H23NO15S. The van der Waals surface area contributed by atoms with Gasteiger partial charge >= 0.3 is 16.4 Å². The highest BCUT2D eigenvalue weighted by Gasteiger charge is 2.53. The molecule has 17 heteroatoms. The molecule has 2 saturated heterocycles. The summed E-state index contributed by atoms with van der Waals surface area (Å²) in [6.45, 7) is 0.0308. The molecule has 1 amide bonds. The first-order valence-electron chi connectivity index (χ1n) is 9.11. The van der Waals surface area contributed by atoms with Crippen molar-refractivity contribution in [3.63, 3.8) is 0 Å². The molecule has 2 heterocycles. The summed E-state index contributed by atoms with van der Waals surface area (Å²) in [4.78, 5) is 22.8. The molecule has 2 aliphatic rings. The highest BCUT2D eigenvalue weighted by Crippen LogP contribution is 2.30. The van der Waals surface area contributed by atoms with Gasteiger partial charge in [0.2, 0.25) is 7.34 Å². The van der Waals surface area contributed by atoms with Gasteiger partial charge in [0.1, 0.15) is 42.7 Å². The van der Waals surface area contributed by atoms with Gasteiger partial charge in [0, 0.05) is 6.92 Å². The zero-order valence-electron chi connectivity index (χ0n) is 16.7. The standard InChI is InChI=1S/C14H23NO15S/c1-3(17)15-5-10(9(30-31(24,25)26)4(2-16)27-13(5)23)28-14-8(20)6(18)7(19)11(29-14)12(21)22/h4-11,13-14,16,18-20,23H,2H2,1H3,(H,15,17)(H,21,22)(H,24,25,26)/t4-,5-,6+,7+,8-,9-,10-,11+,13?,14-/m1/s1/i/hD. The third-order valence-electron chi connectivity index (χ3n) is 4.55. The number of carbonyl (C=O) groups is 2. The zero-order chi connectivity index (χ0) is 24.4. The van der Waals surface area contributed by atoms with Gasteiger partial charge in [0.15, 0.2) is 18.7 Å². The average molecular weight is 478 g/mol. The summed E-state index contributed by atoms with van der Waals surface area (Å²) in [7, 11) is -5.05. The van der Waals surface area contributed by atoms with E-state index in [0.29, 0.717) is 0 Å². The van der Waals surface area contributed by atoms with E-state index in [1.54, 1.807) is 0 Å². The van der Waals surface area contributed by atoms with Crippen LogP contribution in [0.15, 0.2) is 0 Å². The third-order valence-corrected chi connectivity index (χ3v) is 5.01. The van der Waals surface area contributed by atoms with Crippen LogP contribution < -0.4 is 5.32 Å². The van der Waals surface area contributed by atoms with Crippen molar-refractivity contribution in [2.24, 2.45) is 0 Å². The molecule has 0 saturated carbocycles. The molecule has 1 unspecified atom stereocenters. The lowest BCUT2D eigenvalue weighted by atomic mass is 9.95. The van der Waals surface area contributed by atoms with E-state index in [1.807, 2.05) is 0 Å². The van der Waals surface area contributed by atoms with Crippen LogP contribution in [0.4, 0.5) is 0 Å². The highest BCUT2D eigenvalue weighted by molar-refractivity contribution is 7.80. The van der Waals surface area contributed by atoms with Gasteiger partial charge in [-0.3, -0.25) is 9.35 Å². The second kappa shape index (κ2) is 9.96. The Kier molecular flexibility index (Phi) is 7.76. The minimum absolute atomic E-state index is 0.781. The van der Waals surface area contributed by atoms with Gasteiger partial charge in [-0.05, 0) is 0 Å². The number of aliphatic hydroxyl groups excluding tert-OH is 5. The number of carboxylic acid groups (broad SMARTS) is 1. The summed E-state index contributed by atoms with van der Waals surface area (Å²) in [6.07, 6.45) is -17.8. The molecule has 0 aromatic heterocycles. The lowest BCUT2D eigenvalue weighted by Gasteiger charge is -2.46. The number of aliphatic carboxylic acids is 1. The fourth-order valence-corrected chi connectivity index (χ4v) is 3.69. The van der Waals surface area contributed by atoms with Gasteiger partial charge < -0.3 is 50.2 Å². The van der Waals surface area contributed by atoms with E-state index in [9.17, 15) is 43.5 Å². The van der Waals surface area contributed by atoms with E-state index in [-0.39, 0.29) is 0 Å². The Labute approximate surface area is 176 Å². The Hall–Kier alpha value is -1.51. The molecule has 0 aromatic carbocycles. The average Bonchev–Trinajstić information content (AvgIpc) is 2.71. The van der Waals surface area contributed by atoms with Crippen LogP contribution in [0.3, 0.4) is 0 Å². The molecule has 0 radical (unpaired) electrons. The van der Waals surface area contributed by atoms with Crippen LogP contribution in [0, 0.1) is 0 Å². The van der Waals surface area contributed by atoms with Crippen molar-refractivity contribution in [3.8, 4) is 0 Å². The number of nitrogens with one attached hydrogen (secondary N) is 1. The molecule has 31 heavy (non-hydrogen) atoms. The van der Waals surface area contributed by atoms with E-state index in [2.05, 4.69) is 14.1 Å². The van der Waals surface area contributed by atoms with Gasteiger partial charge in [-0.2, -0.15) is 8.42 Å². The quantitative estimate of drug-likeness (QED) is 0.151. The van der Waals surface area contributed by atoms with Gasteiger partial charge in [-0.1, -0.05) is 0 Å². The Morgan fingerprint density at radius 2 is 1.74 bits per heavy atom. The van der Waals surface area contributed by atoms with E-state index in [0.717, 1.165) is 6.92 Å². The lowest BCUT2D eigenvalue weighted by molar-refractivity contribution is -0.334. The minimum Gasteiger partial charge on any atom is -0.479 e. The number of aliphatic hydroxyl groups is 5. The summed E-state index contributed by atoms with van der Waals surface area (Å²) >= 11 is 0. The number of carboxylic acids is 1. The molecule has 180 valence electrons. The van der Waals surface area contributed by atoms with Gasteiger partial charge in [0.05, 0.1) is 6.61 Å². The Bertz CT molecular complexity index is 782. The molecule has 8 N–H and O–H groups in total. The van der Waals surface area contributed by atoms with E-state index in [1.165, 1.54) is 0 Å². The first kappa shape index (κ1) is 24.1. The van der Waals surface area contributed by atoms with Crippen LogP contribution in [0.2, 0.25) is 0 Å². The number of ether oxygens (including phenoxy) is 3. The molecule has 10 atom stereocenters. The Morgan fingerprint density at radius 1 is 1.10 bits per heavy atom. The molecule has 0 spiro atoms. The second-order valence-electron chi connectivity index (χ2n) is 6.78. The van der Waals surface area contributed by atoms with Crippen molar-refractivity contribution in [3.05, 3.63) is 0 Å². The summed E-state index contributed by atoms with van der Waals surface area (Å²) in [5.74, 6) is -2.52. The topological polar surface area (TPSA) is 259 Å². The third kappa shape index (κ3) is 6.05. The van der Waals surface area contributed by atoms with Crippen molar-refractivity contribution >= 4 is 22.3 Å². The van der Waals surface area contributed by atoms with Gasteiger partial charge in [-0.15, -0.1) is 0 Å². The summed E-state index contributed by atoms with van der Waals surface area (Å²) < 4.78 is 53.3. The van der Waals surface area contributed by atoms with E-state index < -0.39 is 90.2 Å². The van der Waals surface area contributed by atoms with Crippen molar-refractivity contribution in [1.82, 2.24) is 5.32 Å².